The van der Waals surface area contributed by atoms with Gasteiger partial charge in [-0.15, -0.1) is 11.3 Å². The smallest absolute Gasteiger partial charge is 0.263 e. The van der Waals surface area contributed by atoms with E-state index in [-0.39, 0.29) is 12.0 Å². The summed E-state index contributed by atoms with van der Waals surface area (Å²) in [6.45, 7) is 4.86. The fraction of sp³-hybridized carbons (Fsp3) is 0.357. The molecule has 0 spiro atoms. The van der Waals surface area contributed by atoms with Crippen LogP contribution in [0.15, 0.2) is 18.2 Å². The van der Waals surface area contributed by atoms with E-state index >= 15 is 0 Å². The molecule has 3 N–H and O–H groups in total. The highest BCUT2D eigenvalue weighted by atomic mass is 35.5. The normalized spacial score (nSPS) is 11.2. The number of hydrogen-bond donors (Lipinski definition) is 2. The molecule has 0 saturated heterocycles. The number of nitrogen functional groups attached to an aromatic ring is 1. The molecule has 20 heavy (non-hydrogen) atoms. The molecule has 1 aromatic heterocycles. The molecule has 0 aliphatic rings. The van der Waals surface area contributed by atoms with Crippen molar-refractivity contribution in [1.82, 2.24) is 5.32 Å². The summed E-state index contributed by atoms with van der Waals surface area (Å²) < 4.78 is 6.29. The Morgan fingerprint density at radius 3 is 2.95 bits per heavy atom. The van der Waals surface area contributed by atoms with Gasteiger partial charge >= 0.3 is 0 Å². The molecule has 2 aromatic rings. The number of fused-ring (bicyclic) bond motifs is 1. The quantitative estimate of drug-likeness (QED) is 0.833. The number of carbonyl (C=O) groups excluding carboxylic acids is 1. The summed E-state index contributed by atoms with van der Waals surface area (Å²) in [5.41, 5.74) is 6.52. The van der Waals surface area contributed by atoms with E-state index in [2.05, 4.69) is 5.32 Å². The summed E-state index contributed by atoms with van der Waals surface area (Å²) in [5, 5.41) is 4.30. The van der Waals surface area contributed by atoms with Crippen LogP contribution in [0, 0.1) is 0 Å². The van der Waals surface area contributed by atoms with Crippen LogP contribution in [0.4, 0.5) is 5.69 Å². The van der Waals surface area contributed by atoms with Gasteiger partial charge in [-0.2, -0.15) is 0 Å². The van der Waals surface area contributed by atoms with Crippen LogP contribution in [0.5, 0.6) is 0 Å². The molecule has 0 aliphatic carbocycles. The minimum atomic E-state index is -0.174. The largest absolute Gasteiger partial charge is 0.397 e. The zero-order chi connectivity index (χ0) is 14.7. The van der Waals surface area contributed by atoms with Gasteiger partial charge in [0.15, 0.2) is 0 Å². The number of halogens is 1. The van der Waals surface area contributed by atoms with Gasteiger partial charge in [-0.05, 0) is 32.0 Å². The minimum Gasteiger partial charge on any atom is -0.397 e. The fourth-order valence-electron chi connectivity index (χ4n) is 1.80. The maximum Gasteiger partial charge on any atom is 0.263 e. The van der Waals surface area contributed by atoms with E-state index in [9.17, 15) is 4.79 Å². The van der Waals surface area contributed by atoms with Crippen molar-refractivity contribution in [3.05, 3.63) is 28.1 Å². The molecular weight excluding hydrogens is 296 g/mol. The average molecular weight is 313 g/mol. The topological polar surface area (TPSA) is 64.3 Å². The van der Waals surface area contributed by atoms with Crippen molar-refractivity contribution in [3.8, 4) is 0 Å². The third kappa shape index (κ3) is 3.42. The van der Waals surface area contributed by atoms with Crippen LogP contribution >= 0.6 is 22.9 Å². The summed E-state index contributed by atoms with van der Waals surface area (Å²) in [6, 6.07) is 5.42. The Kier molecular flexibility index (Phi) is 4.86. The van der Waals surface area contributed by atoms with Gasteiger partial charge in [0.1, 0.15) is 4.88 Å². The van der Waals surface area contributed by atoms with Gasteiger partial charge in [0.25, 0.3) is 5.91 Å². The SMILES string of the molecule is CC(C)OCCNC(=O)c1sc2cc(Cl)ccc2c1N. The monoisotopic (exact) mass is 312 g/mol. The molecule has 1 heterocycles. The van der Waals surface area contributed by atoms with Crippen molar-refractivity contribution in [2.45, 2.75) is 20.0 Å². The highest BCUT2D eigenvalue weighted by molar-refractivity contribution is 7.21. The molecule has 0 saturated carbocycles. The first-order valence-corrected chi connectivity index (χ1v) is 7.56. The summed E-state index contributed by atoms with van der Waals surface area (Å²) in [4.78, 5) is 12.6. The number of benzene rings is 1. The summed E-state index contributed by atoms with van der Waals surface area (Å²) in [6.07, 6.45) is 0.156. The fourth-order valence-corrected chi connectivity index (χ4v) is 3.11. The zero-order valence-corrected chi connectivity index (χ0v) is 13.0. The molecule has 2 rings (SSSR count). The summed E-state index contributed by atoms with van der Waals surface area (Å²) in [5.74, 6) is -0.174. The van der Waals surface area contributed by atoms with Crippen LogP contribution in [0.2, 0.25) is 5.02 Å². The average Bonchev–Trinajstić information content (AvgIpc) is 2.71. The van der Waals surface area contributed by atoms with E-state index in [4.69, 9.17) is 22.1 Å². The Labute approximate surface area is 126 Å². The summed E-state index contributed by atoms with van der Waals surface area (Å²) >= 11 is 7.29. The van der Waals surface area contributed by atoms with Crippen LogP contribution in [0.3, 0.4) is 0 Å². The number of ether oxygens (including phenoxy) is 1. The Morgan fingerprint density at radius 1 is 1.50 bits per heavy atom. The Balaban J connectivity index is 2.08. The standard InChI is InChI=1S/C14H17ClN2O2S/c1-8(2)19-6-5-17-14(18)13-12(16)10-4-3-9(15)7-11(10)20-13/h3-4,7-8H,5-6,16H2,1-2H3,(H,17,18). The van der Waals surface area contributed by atoms with Gasteiger partial charge in [0.05, 0.1) is 18.4 Å². The lowest BCUT2D eigenvalue weighted by Crippen LogP contribution is -2.27. The minimum absolute atomic E-state index is 0.156. The molecule has 6 heteroatoms. The number of nitrogens with one attached hydrogen (secondary N) is 1. The van der Waals surface area contributed by atoms with Crippen LogP contribution in [0.25, 0.3) is 10.1 Å². The second kappa shape index (κ2) is 6.43. The number of amides is 1. The van der Waals surface area contributed by atoms with E-state index in [1.165, 1.54) is 11.3 Å². The Bertz CT molecular complexity index is 625. The third-order valence-corrected chi connectivity index (χ3v) is 4.14. The van der Waals surface area contributed by atoms with Gasteiger partial charge < -0.3 is 15.8 Å². The van der Waals surface area contributed by atoms with Crippen LogP contribution < -0.4 is 11.1 Å². The molecule has 1 aromatic carbocycles. The molecule has 0 unspecified atom stereocenters. The van der Waals surface area contributed by atoms with Crippen LogP contribution in [-0.2, 0) is 4.74 Å². The first-order chi connectivity index (χ1) is 9.49. The second-order valence-electron chi connectivity index (χ2n) is 4.66. The van der Waals surface area contributed by atoms with Crippen molar-refractivity contribution in [1.29, 1.82) is 0 Å². The predicted molar refractivity (Wildman–Crippen MR) is 84.7 cm³/mol. The number of nitrogens with two attached hydrogens (primary N) is 1. The van der Waals surface area contributed by atoms with Crippen molar-refractivity contribution in [2.75, 3.05) is 18.9 Å². The third-order valence-electron chi connectivity index (χ3n) is 2.74. The number of rotatable bonds is 5. The van der Waals surface area contributed by atoms with Gasteiger partial charge in [0.2, 0.25) is 0 Å². The molecule has 0 bridgehead atoms. The lowest BCUT2D eigenvalue weighted by molar-refractivity contribution is 0.0748. The highest BCUT2D eigenvalue weighted by Crippen LogP contribution is 2.35. The highest BCUT2D eigenvalue weighted by Gasteiger charge is 2.16. The Hall–Kier alpha value is -1.30. The molecule has 108 valence electrons. The van der Waals surface area contributed by atoms with E-state index in [0.29, 0.717) is 28.7 Å². The van der Waals surface area contributed by atoms with E-state index in [0.717, 1.165) is 10.1 Å². The number of anilines is 1. The molecule has 0 radical (unpaired) electrons. The maximum atomic E-state index is 12.1. The molecule has 0 atom stereocenters. The van der Waals surface area contributed by atoms with Crippen LogP contribution in [0.1, 0.15) is 23.5 Å². The first kappa shape index (κ1) is 15.1. The predicted octanol–water partition coefficient (Wildman–Crippen LogP) is 3.29. The van der Waals surface area contributed by atoms with Crippen molar-refractivity contribution < 1.29 is 9.53 Å². The Morgan fingerprint density at radius 2 is 2.25 bits per heavy atom. The molecular formula is C14H17ClN2O2S. The van der Waals surface area contributed by atoms with Crippen LogP contribution in [-0.4, -0.2) is 25.2 Å². The van der Waals surface area contributed by atoms with Gasteiger partial charge in [0, 0.05) is 21.7 Å². The van der Waals surface area contributed by atoms with Crippen molar-refractivity contribution in [2.24, 2.45) is 0 Å². The number of hydrogen-bond acceptors (Lipinski definition) is 4. The first-order valence-electron chi connectivity index (χ1n) is 6.36. The lowest BCUT2D eigenvalue weighted by atomic mass is 10.2. The van der Waals surface area contributed by atoms with Gasteiger partial charge in [-0.3, -0.25) is 4.79 Å². The molecule has 0 fully saturated rings. The van der Waals surface area contributed by atoms with Crippen molar-refractivity contribution >= 4 is 44.6 Å². The number of carbonyl (C=O) groups is 1. The van der Waals surface area contributed by atoms with E-state index in [1.54, 1.807) is 6.07 Å². The van der Waals surface area contributed by atoms with Gasteiger partial charge in [-0.25, -0.2) is 0 Å². The lowest BCUT2D eigenvalue weighted by Gasteiger charge is -2.08. The molecule has 1 amide bonds. The zero-order valence-electron chi connectivity index (χ0n) is 11.4. The van der Waals surface area contributed by atoms with Crippen molar-refractivity contribution in [3.63, 3.8) is 0 Å². The summed E-state index contributed by atoms with van der Waals surface area (Å²) in [7, 11) is 0. The van der Waals surface area contributed by atoms with Gasteiger partial charge in [-0.1, -0.05) is 11.6 Å². The van der Waals surface area contributed by atoms with E-state index < -0.39 is 0 Å². The molecule has 0 aliphatic heterocycles. The maximum absolute atomic E-state index is 12.1. The number of thiophene rings is 1. The van der Waals surface area contributed by atoms with E-state index in [1.807, 2.05) is 26.0 Å². The second-order valence-corrected chi connectivity index (χ2v) is 6.15. The molecule has 4 nitrogen and oxygen atoms in total.